The number of amides is 2. The van der Waals surface area contributed by atoms with Gasteiger partial charge in [-0.2, -0.15) is 5.10 Å². The van der Waals surface area contributed by atoms with Gasteiger partial charge in [-0.15, -0.1) is 0 Å². The van der Waals surface area contributed by atoms with E-state index in [9.17, 15) is 19.5 Å². The molecule has 2 heterocycles. The van der Waals surface area contributed by atoms with Gasteiger partial charge in [-0.05, 0) is 57.6 Å². The van der Waals surface area contributed by atoms with Gasteiger partial charge >= 0.3 is 5.97 Å². The van der Waals surface area contributed by atoms with Gasteiger partial charge in [-0.1, -0.05) is 11.1 Å². The second kappa shape index (κ2) is 8.64. The molecule has 0 aromatic carbocycles. The highest BCUT2D eigenvalue weighted by Gasteiger charge is 2.57. The highest BCUT2D eigenvalue weighted by molar-refractivity contribution is 6.03. The van der Waals surface area contributed by atoms with Crippen molar-refractivity contribution in [3.63, 3.8) is 0 Å². The maximum absolute atomic E-state index is 13.3. The van der Waals surface area contributed by atoms with Crippen molar-refractivity contribution >= 4 is 23.5 Å². The number of hydrogen-bond donors (Lipinski definition) is 3. The zero-order valence-electron chi connectivity index (χ0n) is 18.4. The van der Waals surface area contributed by atoms with Gasteiger partial charge in [-0.3, -0.25) is 19.1 Å². The lowest BCUT2D eigenvalue weighted by molar-refractivity contribution is -0.148. The van der Waals surface area contributed by atoms with E-state index >= 15 is 0 Å². The van der Waals surface area contributed by atoms with Crippen LogP contribution in [0.1, 0.15) is 49.9 Å². The highest BCUT2D eigenvalue weighted by atomic mass is 16.4. The van der Waals surface area contributed by atoms with Gasteiger partial charge in [0.05, 0.1) is 30.3 Å². The van der Waals surface area contributed by atoms with E-state index in [1.807, 2.05) is 20.8 Å². The normalized spacial score (nSPS) is 23.9. The van der Waals surface area contributed by atoms with Crippen LogP contribution in [0.4, 0.5) is 5.69 Å². The van der Waals surface area contributed by atoms with Gasteiger partial charge in [0.25, 0.3) is 5.91 Å². The fourth-order valence-corrected chi connectivity index (χ4v) is 5.33. The minimum Gasteiger partial charge on any atom is -0.481 e. The molecule has 2 bridgehead atoms. The summed E-state index contributed by atoms with van der Waals surface area (Å²) in [6, 6.07) is 3.48. The number of carbonyl (C=O) groups excluding carboxylic acids is 2. The summed E-state index contributed by atoms with van der Waals surface area (Å²) in [5.41, 5.74) is 2.57. The number of hydrogen-bond acceptors (Lipinski definition) is 5. The summed E-state index contributed by atoms with van der Waals surface area (Å²) in [4.78, 5) is 38.1. The number of aliphatic carboxylic acids is 1. The van der Waals surface area contributed by atoms with Crippen LogP contribution in [0.15, 0.2) is 40.2 Å². The average Bonchev–Trinajstić information content (AvgIpc) is 3.53. The summed E-state index contributed by atoms with van der Waals surface area (Å²) in [5.74, 6) is -2.78. The first-order chi connectivity index (χ1) is 15.3. The molecule has 2 amide bonds. The number of fused-ring (bicyclic) bond motifs is 2. The highest BCUT2D eigenvalue weighted by Crippen LogP contribution is 2.57. The van der Waals surface area contributed by atoms with Gasteiger partial charge in [0.15, 0.2) is 5.69 Å². The zero-order chi connectivity index (χ0) is 23.0. The molecule has 2 aliphatic carbocycles. The van der Waals surface area contributed by atoms with Crippen molar-refractivity contribution in [1.82, 2.24) is 15.1 Å². The molecule has 4 rings (SSSR count). The predicted molar refractivity (Wildman–Crippen MR) is 116 cm³/mol. The Morgan fingerprint density at radius 1 is 1.22 bits per heavy atom. The fraction of sp³-hybridized carbons (Fsp3) is 0.478. The summed E-state index contributed by atoms with van der Waals surface area (Å²) < 4.78 is 6.79. The topological polar surface area (TPSA) is 126 Å². The third-order valence-electron chi connectivity index (χ3n) is 6.57. The number of aryl methyl sites for hydroxylation is 1. The van der Waals surface area contributed by atoms with E-state index < -0.39 is 23.7 Å². The number of nitrogens with zero attached hydrogens (tertiary/aromatic N) is 2. The van der Waals surface area contributed by atoms with E-state index in [-0.39, 0.29) is 35.7 Å². The fourth-order valence-electron chi connectivity index (χ4n) is 5.33. The van der Waals surface area contributed by atoms with Crippen molar-refractivity contribution in [3.05, 3.63) is 47.2 Å². The number of carboxylic acids is 1. The van der Waals surface area contributed by atoms with E-state index in [1.54, 1.807) is 23.0 Å². The summed E-state index contributed by atoms with van der Waals surface area (Å²) in [6.45, 7) is 6.54. The van der Waals surface area contributed by atoms with Gasteiger partial charge in [0.2, 0.25) is 5.91 Å². The van der Waals surface area contributed by atoms with Crippen LogP contribution in [0.25, 0.3) is 0 Å². The molecule has 2 aromatic rings. The molecule has 3 N–H and O–H groups in total. The number of carboxylic acid groups (broad SMARTS) is 1. The molecule has 2 saturated carbocycles. The first kappa shape index (κ1) is 21.9. The van der Waals surface area contributed by atoms with Crippen LogP contribution in [-0.4, -0.2) is 32.7 Å². The monoisotopic (exact) mass is 440 g/mol. The van der Waals surface area contributed by atoms with Crippen LogP contribution < -0.4 is 10.6 Å². The molecule has 0 aliphatic heterocycles. The first-order valence-corrected chi connectivity index (χ1v) is 10.9. The molecular weight excluding hydrogens is 412 g/mol. The largest absolute Gasteiger partial charge is 0.481 e. The predicted octanol–water partition coefficient (Wildman–Crippen LogP) is 3.06. The SMILES string of the molecule is CCn1cc(NC(=O)[C@@H]2[C@@H](C(=O)O)[C@H]3CC[C@H]2C3=C(C)C)c(C(=O)NCc2ccco2)n1. The minimum atomic E-state index is -0.947. The molecule has 0 saturated heterocycles. The van der Waals surface area contributed by atoms with Gasteiger partial charge in [0, 0.05) is 12.7 Å². The lowest BCUT2D eigenvalue weighted by Crippen LogP contribution is -2.38. The smallest absolute Gasteiger partial charge is 0.307 e. The Morgan fingerprint density at radius 3 is 2.53 bits per heavy atom. The Balaban J connectivity index is 1.56. The molecule has 4 atom stereocenters. The minimum absolute atomic E-state index is 0.0800. The first-order valence-electron chi connectivity index (χ1n) is 10.9. The van der Waals surface area contributed by atoms with Gasteiger partial charge in [0.1, 0.15) is 5.76 Å². The van der Waals surface area contributed by atoms with Gasteiger partial charge < -0.3 is 20.2 Å². The van der Waals surface area contributed by atoms with Crippen LogP contribution in [0.2, 0.25) is 0 Å². The van der Waals surface area contributed by atoms with Crippen molar-refractivity contribution in [2.75, 3.05) is 5.32 Å². The Kier molecular flexibility index (Phi) is 5.90. The lowest BCUT2D eigenvalue weighted by Gasteiger charge is -2.26. The number of carbonyl (C=O) groups is 3. The summed E-state index contributed by atoms with van der Waals surface area (Å²) in [5, 5.41) is 19.7. The van der Waals surface area contributed by atoms with E-state index in [0.29, 0.717) is 12.3 Å². The van der Waals surface area contributed by atoms with Gasteiger partial charge in [-0.25, -0.2) is 0 Å². The van der Waals surface area contributed by atoms with E-state index in [2.05, 4.69) is 15.7 Å². The van der Waals surface area contributed by atoms with Crippen molar-refractivity contribution in [2.45, 2.75) is 46.7 Å². The van der Waals surface area contributed by atoms with Crippen LogP contribution in [0, 0.1) is 23.7 Å². The van der Waals surface area contributed by atoms with Crippen molar-refractivity contribution in [2.24, 2.45) is 23.7 Å². The molecule has 2 aliphatic rings. The second-order valence-corrected chi connectivity index (χ2v) is 8.63. The molecule has 0 unspecified atom stereocenters. The number of allylic oxidation sites excluding steroid dienone is 2. The molecule has 9 heteroatoms. The van der Waals surface area contributed by atoms with Crippen molar-refractivity contribution < 1.29 is 23.9 Å². The van der Waals surface area contributed by atoms with Crippen LogP contribution in [-0.2, 0) is 22.7 Å². The lowest BCUT2D eigenvalue weighted by atomic mass is 9.78. The zero-order valence-corrected chi connectivity index (χ0v) is 18.4. The second-order valence-electron chi connectivity index (χ2n) is 8.63. The maximum atomic E-state index is 13.3. The third-order valence-corrected chi connectivity index (χ3v) is 6.57. The summed E-state index contributed by atoms with van der Waals surface area (Å²) in [6.07, 6.45) is 4.72. The quantitative estimate of drug-likeness (QED) is 0.568. The number of anilines is 1. The Labute approximate surface area is 185 Å². The van der Waals surface area contributed by atoms with E-state index in [1.165, 1.54) is 6.26 Å². The Hall–Kier alpha value is -3.36. The molecular formula is C23H28N4O5. The van der Waals surface area contributed by atoms with Crippen LogP contribution in [0.5, 0.6) is 0 Å². The van der Waals surface area contributed by atoms with E-state index in [4.69, 9.17) is 4.42 Å². The van der Waals surface area contributed by atoms with Crippen molar-refractivity contribution in [1.29, 1.82) is 0 Å². The molecule has 0 spiro atoms. The molecule has 2 aromatic heterocycles. The molecule has 9 nitrogen and oxygen atoms in total. The molecule has 32 heavy (non-hydrogen) atoms. The third kappa shape index (κ3) is 3.83. The number of rotatable bonds is 7. The average molecular weight is 441 g/mol. The van der Waals surface area contributed by atoms with Crippen LogP contribution >= 0.6 is 0 Å². The van der Waals surface area contributed by atoms with Crippen LogP contribution in [0.3, 0.4) is 0 Å². The number of nitrogens with one attached hydrogen (secondary N) is 2. The Bertz CT molecular complexity index is 1060. The summed E-state index contributed by atoms with van der Waals surface area (Å²) in [7, 11) is 0. The Morgan fingerprint density at radius 2 is 1.94 bits per heavy atom. The molecule has 2 fully saturated rings. The number of aromatic nitrogens is 2. The standard InChI is InChI=1S/C23H28N4O5/c1-4-27-11-16(20(26-27)22(29)24-10-13-6-5-9-32-13)25-21(28)18-14-7-8-15(17(14)12(2)3)19(18)23(30)31/h5-6,9,11,14-15,18-19H,4,7-8,10H2,1-3H3,(H,24,29)(H,25,28)(H,30,31)/t14-,15-,18-,19-/m0/s1. The molecule has 0 radical (unpaired) electrons. The summed E-state index contributed by atoms with van der Waals surface area (Å²) >= 11 is 0. The maximum Gasteiger partial charge on any atom is 0.307 e. The van der Waals surface area contributed by atoms with Crippen molar-refractivity contribution in [3.8, 4) is 0 Å². The molecule has 170 valence electrons. The number of furan rings is 1. The van der Waals surface area contributed by atoms with E-state index in [0.717, 1.165) is 24.0 Å².